The van der Waals surface area contributed by atoms with E-state index in [-0.39, 0.29) is 18.8 Å². The van der Waals surface area contributed by atoms with Crippen LogP contribution >= 0.6 is 12.6 Å². The minimum Gasteiger partial charge on any atom is -0.468 e. The summed E-state index contributed by atoms with van der Waals surface area (Å²) in [6.07, 6.45) is 0.0576. The lowest BCUT2D eigenvalue weighted by Crippen LogP contribution is -2.54. The van der Waals surface area contributed by atoms with Gasteiger partial charge in [0, 0.05) is 12.3 Å². The molecule has 10 heteroatoms. The minimum atomic E-state index is -1.03. The van der Waals surface area contributed by atoms with E-state index in [9.17, 15) is 19.2 Å². The Morgan fingerprint density at radius 3 is 2.15 bits per heavy atom. The molecule has 0 saturated carbocycles. The van der Waals surface area contributed by atoms with E-state index < -0.39 is 41.6 Å². The summed E-state index contributed by atoms with van der Waals surface area (Å²) < 4.78 is 9.83. The molecule has 0 heterocycles. The van der Waals surface area contributed by atoms with E-state index in [4.69, 9.17) is 4.74 Å². The van der Waals surface area contributed by atoms with Crippen LogP contribution in [-0.4, -0.2) is 66.4 Å². The summed E-state index contributed by atoms with van der Waals surface area (Å²) in [4.78, 5) is 51.6. The first kappa shape index (κ1) is 28.3. The van der Waals surface area contributed by atoms with E-state index in [0.29, 0.717) is 5.56 Å². The van der Waals surface area contributed by atoms with E-state index in [2.05, 4.69) is 28.0 Å². The number of carbonyl (C=O) groups is 4. The predicted octanol–water partition coefficient (Wildman–Crippen LogP) is 2.25. The number of hydrogen-bond donors (Lipinski definition) is 3. The lowest BCUT2D eigenvalue weighted by Gasteiger charge is -2.33. The van der Waals surface area contributed by atoms with Gasteiger partial charge in [0.25, 0.3) is 0 Å². The largest absolute Gasteiger partial charge is 0.468 e. The average molecular weight is 482 g/mol. The zero-order chi connectivity index (χ0) is 25.2. The molecule has 0 spiro atoms. The van der Waals surface area contributed by atoms with Gasteiger partial charge in [-0.2, -0.15) is 12.6 Å². The van der Waals surface area contributed by atoms with Crippen molar-refractivity contribution in [1.82, 2.24) is 15.5 Å². The standard InChI is InChI=1S/C23H35N3O6S/c1-7-15-9-11-16(12-10-15)19(20(28)24-13-18(27)31-6)26(8-2)21(29)17(14-33)25-22(30)32-23(3,4)5/h9-12,17,19,33H,7-8,13-14H2,1-6H3,(H,24,28)(H,25,30). The van der Waals surface area contributed by atoms with Crippen LogP contribution < -0.4 is 10.6 Å². The molecule has 1 aromatic rings. The Labute approximate surface area is 201 Å². The summed E-state index contributed by atoms with van der Waals surface area (Å²) in [5.74, 6) is -1.66. The fourth-order valence-electron chi connectivity index (χ4n) is 3.04. The molecule has 0 aromatic heterocycles. The van der Waals surface area contributed by atoms with Crippen molar-refractivity contribution in [3.63, 3.8) is 0 Å². The maximum Gasteiger partial charge on any atom is 0.408 e. The number of esters is 1. The monoisotopic (exact) mass is 481 g/mol. The van der Waals surface area contributed by atoms with Crippen LogP contribution in [0.5, 0.6) is 0 Å². The molecular weight excluding hydrogens is 446 g/mol. The Kier molecular flexibility index (Phi) is 11.2. The number of likely N-dealkylation sites (N-methyl/N-ethyl adjacent to an activating group) is 1. The molecule has 2 N–H and O–H groups in total. The van der Waals surface area contributed by atoms with E-state index in [1.165, 1.54) is 12.0 Å². The summed E-state index contributed by atoms with van der Waals surface area (Å²) in [6.45, 7) is 8.71. The lowest BCUT2D eigenvalue weighted by molar-refractivity contribution is -0.144. The molecule has 2 atom stereocenters. The van der Waals surface area contributed by atoms with Gasteiger partial charge in [0.1, 0.15) is 24.2 Å². The van der Waals surface area contributed by atoms with Crippen LogP contribution in [0.25, 0.3) is 0 Å². The van der Waals surface area contributed by atoms with Gasteiger partial charge < -0.3 is 25.0 Å². The van der Waals surface area contributed by atoms with Crippen molar-refractivity contribution < 1.29 is 28.7 Å². The number of aryl methyl sites for hydroxylation is 1. The zero-order valence-corrected chi connectivity index (χ0v) is 21.0. The summed E-state index contributed by atoms with van der Waals surface area (Å²) >= 11 is 4.21. The zero-order valence-electron chi connectivity index (χ0n) is 20.1. The SMILES string of the molecule is CCc1ccc(C(C(=O)NCC(=O)OC)N(CC)C(=O)C(CS)NC(=O)OC(C)(C)C)cc1. The van der Waals surface area contributed by atoms with E-state index >= 15 is 0 Å². The fourth-order valence-corrected chi connectivity index (χ4v) is 3.29. The van der Waals surface area contributed by atoms with Gasteiger partial charge in [-0.1, -0.05) is 31.2 Å². The van der Waals surface area contributed by atoms with Crippen molar-refractivity contribution in [3.05, 3.63) is 35.4 Å². The Balaban J connectivity index is 3.24. The van der Waals surface area contributed by atoms with E-state index in [1.807, 2.05) is 19.1 Å². The average Bonchev–Trinajstić information content (AvgIpc) is 2.77. The van der Waals surface area contributed by atoms with E-state index in [1.54, 1.807) is 39.8 Å². The highest BCUT2D eigenvalue weighted by Crippen LogP contribution is 2.23. The molecule has 0 radical (unpaired) electrons. The van der Waals surface area contributed by atoms with Crippen molar-refractivity contribution in [2.45, 2.75) is 58.7 Å². The lowest BCUT2D eigenvalue weighted by atomic mass is 10.0. The maximum atomic E-state index is 13.4. The number of benzene rings is 1. The molecule has 0 aliphatic carbocycles. The molecule has 1 aromatic carbocycles. The first-order valence-electron chi connectivity index (χ1n) is 10.8. The second kappa shape index (κ2) is 13.1. The number of nitrogens with zero attached hydrogens (tertiary/aromatic N) is 1. The van der Waals surface area contributed by atoms with Gasteiger partial charge >= 0.3 is 12.1 Å². The Hall–Kier alpha value is -2.75. The second-order valence-electron chi connectivity index (χ2n) is 8.30. The summed E-state index contributed by atoms with van der Waals surface area (Å²) in [6, 6.07) is 5.25. The van der Waals surface area contributed by atoms with Crippen LogP contribution in [0.2, 0.25) is 0 Å². The molecule has 0 aliphatic rings. The maximum absolute atomic E-state index is 13.4. The third-order valence-corrected chi connectivity index (χ3v) is 5.06. The second-order valence-corrected chi connectivity index (χ2v) is 8.66. The molecule has 9 nitrogen and oxygen atoms in total. The van der Waals surface area contributed by atoms with Gasteiger partial charge in [-0.3, -0.25) is 14.4 Å². The number of methoxy groups -OCH3 is 1. The Bertz CT molecular complexity index is 822. The third kappa shape index (κ3) is 8.95. The number of amides is 3. The normalized spacial score (nSPS) is 12.8. The van der Waals surface area contributed by atoms with Gasteiger partial charge in [0.05, 0.1) is 7.11 Å². The molecule has 0 fully saturated rings. The molecular formula is C23H35N3O6S. The number of thiol groups is 1. The number of ether oxygens (including phenoxy) is 2. The number of rotatable bonds is 10. The van der Waals surface area contributed by atoms with Crippen LogP contribution in [0, 0.1) is 0 Å². The number of hydrogen-bond acceptors (Lipinski definition) is 7. The summed E-state index contributed by atoms with van der Waals surface area (Å²) in [5, 5.41) is 5.05. The van der Waals surface area contributed by atoms with Gasteiger partial charge in [0.2, 0.25) is 11.8 Å². The van der Waals surface area contributed by atoms with Crippen molar-refractivity contribution >= 4 is 36.5 Å². The molecule has 0 bridgehead atoms. The number of carbonyl (C=O) groups excluding carboxylic acids is 4. The van der Waals surface area contributed by atoms with Crippen molar-refractivity contribution in [2.75, 3.05) is 26.0 Å². The van der Waals surface area contributed by atoms with Gasteiger partial charge in [0.15, 0.2) is 0 Å². The highest BCUT2D eigenvalue weighted by atomic mass is 32.1. The fraction of sp³-hybridized carbons (Fsp3) is 0.565. The highest BCUT2D eigenvalue weighted by Gasteiger charge is 2.35. The van der Waals surface area contributed by atoms with Crippen LogP contribution in [0.4, 0.5) is 4.79 Å². The molecule has 3 amide bonds. The Morgan fingerprint density at radius 2 is 1.70 bits per heavy atom. The third-order valence-electron chi connectivity index (χ3n) is 4.69. The highest BCUT2D eigenvalue weighted by molar-refractivity contribution is 7.80. The van der Waals surface area contributed by atoms with Crippen LogP contribution in [0.15, 0.2) is 24.3 Å². The van der Waals surface area contributed by atoms with Crippen LogP contribution in [0.1, 0.15) is 51.8 Å². The quantitative estimate of drug-likeness (QED) is 0.349. The van der Waals surface area contributed by atoms with Gasteiger partial charge in [-0.15, -0.1) is 0 Å². The smallest absolute Gasteiger partial charge is 0.408 e. The Morgan fingerprint density at radius 1 is 1.09 bits per heavy atom. The number of nitrogens with one attached hydrogen (secondary N) is 2. The molecule has 33 heavy (non-hydrogen) atoms. The molecule has 0 saturated heterocycles. The predicted molar refractivity (Wildman–Crippen MR) is 128 cm³/mol. The van der Waals surface area contributed by atoms with Crippen LogP contribution in [-0.2, 0) is 30.3 Å². The van der Waals surface area contributed by atoms with Crippen LogP contribution in [0.3, 0.4) is 0 Å². The molecule has 1 rings (SSSR count). The molecule has 2 unspecified atom stereocenters. The first-order chi connectivity index (χ1) is 15.5. The van der Waals surface area contributed by atoms with Gasteiger partial charge in [-0.05, 0) is 45.2 Å². The summed E-state index contributed by atoms with van der Waals surface area (Å²) in [7, 11) is 1.22. The topological polar surface area (TPSA) is 114 Å². The minimum absolute atomic E-state index is 0.000150. The first-order valence-corrected chi connectivity index (χ1v) is 11.4. The summed E-state index contributed by atoms with van der Waals surface area (Å²) in [5.41, 5.74) is 0.900. The molecule has 0 aliphatic heterocycles. The number of alkyl carbamates (subject to hydrolysis) is 1. The van der Waals surface area contributed by atoms with Crippen molar-refractivity contribution in [2.24, 2.45) is 0 Å². The van der Waals surface area contributed by atoms with E-state index in [0.717, 1.165) is 12.0 Å². The van der Waals surface area contributed by atoms with Crippen molar-refractivity contribution in [1.29, 1.82) is 0 Å². The van der Waals surface area contributed by atoms with Gasteiger partial charge in [-0.25, -0.2) is 4.79 Å². The van der Waals surface area contributed by atoms with Crippen molar-refractivity contribution in [3.8, 4) is 0 Å². The molecule has 184 valence electrons.